The molecule has 8 heteroatoms. The zero-order valence-electron chi connectivity index (χ0n) is 26.2. The fourth-order valence-electron chi connectivity index (χ4n) is 9.16. The van der Waals surface area contributed by atoms with Gasteiger partial charge in [0.15, 0.2) is 11.4 Å². The van der Waals surface area contributed by atoms with Gasteiger partial charge in [0.25, 0.3) is 0 Å². The van der Waals surface area contributed by atoms with E-state index in [4.69, 9.17) is 18.9 Å². The lowest BCUT2D eigenvalue weighted by atomic mass is 9.54. The highest BCUT2D eigenvalue weighted by Crippen LogP contribution is 2.72. The summed E-state index contributed by atoms with van der Waals surface area (Å²) >= 11 is 0. The zero-order valence-corrected chi connectivity index (χ0v) is 26.2. The molecule has 0 amide bonds. The van der Waals surface area contributed by atoms with Gasteiger partial charge in [0.2, 0.25) is 0 Å². The van der Waals surface area contributed by atoms with Crippen LogP contribution in [0.1, 0.15) is 91.9 Å². The van der Waals surface area contributed by atoms with E-state index in [1.165, 1.54) is 44.9 Å². The Morgan fingerprint density at radius 1 is 1.07 bits per heavy atom. The first-order valence-electron chi connectivity index (χ1n) is 16.5. The third kappa shape index (κ3) is 4.31. The van der Waals surface area contributed by atoms with Crippen LogP contribution in [0.3, 0.4) is 0 Å². The summed E-state index contributed by atoms with van der Waals surface area (Å²) in [6.45, 7) is 11.6. The molecule has 11 atom stereocenters. The van der Waals surface area contributed by atoms with Crippen molar-refractivity contribution in [2.75, 3.05) is 6.61 Å². The number of ether oxygens (including phenoxy) is 4. The molecule has 43 heavy (non-hydrogen) atoms. The van der Waals surface area contributed by atoms with Gasteiger partial charge in [-0.05, 0) is 50.2 Å². The molecule has 3 saturated heterocycles. The molecule has 3 heterocycles. The van der Waals surface area contributed by atoms with Crippen molar-refractivity contribution in [3.05, 3.63) is 48.1 Å². The Kier molecular flexibility index (Phi) is 8.02. The van der Waals surface area contributed by atoms with Gasteiger partial charge >= 0.3 is 5.97 Å². The Balaban J connectivity index is 1.27. The van der Waals surface area contributed by atoms with E-state index in [-0.39, 0.29) is 5.92 Å². The van der Waals surface area contributed by atoms with Crippen LogP contribution < -0.4 is 0 Å². The van der Waals surface area contributed by atoms with Crippen LogP contribution in [0.4, 0.5) is 0 Å². The van der Waals surface area contributed by atoms with E-state index < -0.39 is 70.9 Å². The summed E-state index contributed by atoms with van der Waals surface area (Å²) < 4.78 is 26.5. The monoisotopic (exact) mass is 598 g/mol. The van der Waals surface area contributed by atoms with Gasteiger partial charge < -0.3 is 34.3 Å². The van der Waals surface area contributed by atoms with E-state index in [0.717, 1.165) is 18.4 Å². The van der Waals surface area contributed by atoms with Crippen molar-refractivity contribution in [1.29, 1.82) is 0 Å². The fourth-order valence-corrected chi connectivity index (χ4v) is 9.16. The van der Waals surface area contributed by atoms with E-state index in [9.17, 15) is 20.1 Å². The highest BCUT2D eigenvalue weighted by Gasteiger charge is 2.88. The lowest BCUT2D eigenvalue weighted by molar-refractivity contribution is -0.406. The van der Waals surface area contributed by atoms with Crippen LogP contribution >= 0.6 is 0 Å². The third-order valence-electron chi connectivity index (χ3n) is 11.4. The zero-order chi connectivity index (χ0) is 30.8. The lowest BCUT2D eigenvalue weighted by Gasteiger charge is -2.59. The Labute approximate surface area is 255 Å². The first-order valence-corrected chi connectivity index (χ1v) is 16.5. The number of allylic oxidation sites excluding steroid dienone is 3. The second-order valence-corrected chi connectivity index (χ2v) is 14.1. The van der Waals surface area contributed by atoms with Gasteiger partial charge in [0, 0.05) is 17.9 Å². The molecule has 3 N–H and O–H groups in total. The quantitative estimate of drug-likeness (QED) is 0.120. The minimum atomic E-state index is -2.22. The maximum atomic E-state index is 13.6. The van der Waals surface area contributed by atoms with Crippen molar-refractivity contribution in [1.82, 2.24) is 0 Å². The standard InChI is InChI=1S/C35H50O8/c1-6-7-8-9-10-11-12-13-14-15-16-17-18-33-41-28-26-29-32(21-36,40-29)30(38)34(39)25(19-23(4)27(34)37)35(26,43-33)24(5)20-31(28,42-33)22(2)3/h15-19,24-26,28-30,36,38-39H,2,6-14,20-21H2,1,3-5H3/b16-15+,18-17?/t24-,25-,26-,28-,29+,30-,31-,32+,33-,34-,35+/m1/s1. The summed E-state index contributed by atoms with van der Waals surface area (Å²) in [7, 11) is 0. The van der Waals surface area contributed by atoms with E-state index in [0.29, 0.717) is 12.0 Å². The molecule has 3 aliphatic carbocycles. The number of aliphatic hydroxyl groups is 3. The van der Waals surface area contributed by atoms with E-state index >= 15 is 0 Å². The third-order valence-corrected chi connectivity index (χ3v) is 11.4. The Morgan fingerprint density at radius 3 is 2.44 bits per heavy atom. The second-order valence-electron chi connectivity index (χ2n) is 14.1. The molecule has 8 nitrogen and oxygen atoms in total. The number of rotatable bonds is 13. The normalized spacial score (nSPS) is 47.5. The number of hydrogen-bond acceptors (Lipinski definition) is 8. The summed E-state index contributed by atoms with van der Waals surface area (Å²) in [6, 6.07) is 0. The topological polar surface area (TPSA) is 118 Å². The molecule has 5 fully saturated rings. The van der Waals surface area contributed by atoms with Crippen molar-refractivity contribution < 1.29 is 39.1 Å². The van der Waals surface area contributed by atoms with Crippen molar-refractivity contribution in [3.8, 4) is 0 Å². The molecule has 238 valence electrons. The Morgan fingerprint density at radius 2 is 1.77 bits per heavy atom. The number of carbonyl (C=O) groups excluding carboxylic acids is 1. The molecule has 0 unspecified atom stereocenters. The van der Waals surface area contributed by atoms with Gasteiger partial charge in [-0.1, -0.05) is 89.7 Å². The van der Waals surface area contributed by atoms with Crippen molar-refractivity contribution in [2.24, 2.45) is 17.8 Å². The summed E-state index contributed by atoms with van der Waals surface area (Å²) in [5.41, 5.74) is -4.66. The predicted molar refractivity (Wildman–Crippen MR) is 161 cm³/mol. The van der Waals surface area contributed by atoms with Crippen molar-refractivity contribution in [2.45, 2.75) is 139 Å². The van der Waals surface area contributed by atoms with E-state index in [1.807, 2.05) is 26.0 Å². The minimum absolute atomic E-state index is 0.237. The fraction of sp³-hybridized carbons (Fsp3) is 0.743. The maximum Gasteiger partial charge on any atom is 0.306 e. The van der Waals surface area contributed by atoms with Gasteiger partial charge in [-0.2, -0.15) is 0 Å². The molecule has 0 spiro atoms. The Bertz CT molecular complexity index is 1220. The molecule has 3 aliphatic heterocycles. The van der Waals surface area contributed by atoms with Crippen LogP contribution in [0.15, 0.2) is 48.1 Å². The molecule has 2 saturated carbocycles. The summed E-state index contributed by atoms with van der Waals surface area (Å²) in [5.74, 6) is -3.80. The average Bonchev–Trinajstić information content (AvgIpc) is 3.62. The van der Waals surface area contributed by atoms with E-state index in [2.05, 4.69) is 19.6 Å². The first-order chi connectivity index (χ1) is 20.5. The number of ketones is 1. The number of epoxide rings is 1. The molecule has 0 radical (unpaired) electrons. The van der Waals surface area contributed by atoms with Crippen LogP contribution in [0.25, 0.3) is 0 Å². The molecular formula is C35H50O8. The SMILES string of the molecule is C=C(C)[C@]12C[C@@H](C)[C@@]34O[C@](C=C/C=C/CCCCCCCCCC)(O[C@@H]1[C@@H]3[C@@H]1O[C@]1(CO)[C@@H](O)[C@]1(O)C(=O)C(C)=C[C@H]14)O2. The molecule has 0 aromatic heterocycles. The summed E-state index contributed by atoms with van der Waals surface area (Å²) in [6.07, 6.45) is 18.3. The highest BCUT2D eigenvalue weighted by atomic mass is 16.9. The molecule has 0 aromatic rings. The number of carbonyl (C=O) groups is 1. The van der Waals surface area contributed by atoms with Gasteiger partial charge in [-0.25, -0.2) is 0 Å². The number of hydrogen-bond donors (Lipinski definition) is 3. The van der Waals surface area contributed by atoms with Crippen LogP contribution in [0.2, 0.25) is 0 Å². The summed E-state index contributed by atoms with van der Waals surface area (Å²) in [4.78, 5) is 13.6. The highest BCUT2D eigenvalue weighted by molar-refractivity contribution is 6.05. The number of Topliss-reactive ketones (excluding diaryl/α,β-unsaturated/α-hetero) is 1. The van der Waals surface area contributed by atoms with Gasteiger partial charge in [-0.15, -0.1) is 0 Å². The molecule has 0 aromatic carbocycles. The van der Waals surface area contributed by atoms with Gasteiger partial charge in [0.1, 0.15) is 29.5 Å². The predicted octanol–water partition coefficient (Wildman–Crippen LogP) is 4.82. The first kappa shape index (κ1) is 31.3. The summed E-state index contributed by atoms with van der Waals surface area (Å²) in [5, 5.41) is 34.2. The molecule has 3 bridgehead atoms. The number of unbranched alkanes of at least 4 members (excludes halogenated alkanes) is 8. The van der Waals surface area contributed by atoms with Crippen LogP contribution in [0, 0.1) is 17.8 Å². The van der Waals surface area contributed by atoms with Gasteiger partial charge in [0.05, 0.1) is 12.2 Å². The van der Waals surface area contributed by atoms with Crippen LogP contribution in [-0.2, 0) is 23.7 Å². The number of fused-ring (bicyclic) bond motifs is 3. The van der Waals surface area contributed by atoms with Crippen LogP contribution in [-0.4, -0.2) is 74.4 Å². The Hall–Kier alpha value is -1.65. The van der Waals surface area contributed by atoms with Crippen molar-refractivity contribution in [3.63, 3.8) is 0 Å². The number of aliphatic hydroxyl groups excluding tert-OH is 2. The maximum absolute atomic E-state index is 13.6. The smallest absolute Gasteiger partial charge is 0.306 e. The molecule has 6 rings (SSSR count). The lowest BCUT2D eigenvalue weighted by Crippen LogP contribution is -2.72. The second kappa shape index (κ2) is 11.0. The van der Waals surface area contributed by atoms with Gasteiger partial charge in [-0.3, -0.25) is 4.79 Å². The average molecular weight is 599 g/mol. The largest absolute Gasteiger partial charge is 0.393 e. The van der Waals surface area contributed by atoms with Crippen molar-refractivity contribution >= 4 is 5.78 Å². The van der Waals surface area contributed by atoms with E-state index in [1.54, 1.807) is 19.1 Å². The molecule has 6 aliphatic rings. The van der Waals surface area contributed by atoms with Crippen LogP contribution in [0.5, 0.6) is 0 Å². The molecular weight excluding hydrogens is 548 g/mol. The minimum Gasteiger partial charge on any atom is -0.393 e.